The zero-order chi connectivity index (χ0) is 25.3. The number of carbonyl (C=O) groups is 3. The van der Waals surface area contributed by atoms with Crippen molar-refractivity contribution in [2.75, 3.05) is 11.4 Å². The molecule has 4 fully saturated rings. The highest BCUT2D eigenvalue weighted by molar-refractivity contribution is 6.65. The summed E-state index contributed by atoms with van der Waals surface area (Å²) in [6.07, 6.45) is -2.17. The average Bonchev–Trinajstić information content (AvgIpc) is 2.70. The zero-order valence-corrected chi connectivity index (χ0v) is 19.3. The fourth-order valence-corrected chi connectivity index (χ4v) is 5.97. The number of hydrogen-bond donors (Lipinski definition) is 0. The lowest BCUT2D eigenvalue weighted by Gasteiger charge is -2.72. The summed E-state index contributed by atoms with van der Waals surface area (Å²) in [5.74, 6) is -2.04. The first kappa shape index (κ1) is 23.7. The first-order chi connectivity index (χ1) is 16.4. The lowest BCUT2D eigenvalue weighted by atomic mass is 9.33. The fourth-order valence-electron chi connectivity index (χ4n) is 5.77. The van der Waals surface area contributed by atoms with E-state index in [1.54, 1.807) is 6.92 Å². The fraction of sp³-hybridized carbons (Fsp3) is 0.417. The number of anilines is 1. The third-order valence-electron chi connectivity index (χ3n) is 7.34. The average molecular weight is 510 g/mol. The van der Waals surface area contributed by atoms with Crippen molar-refractivity contribution >= 4 is 34.5 Å². The van der Waals surface area contributed by atoms with Gasteiger partial charge in [0.1, 0.15) is 12.6 Å². The van der Waals surface area contributed by atoms with Crippen LogP contribution in [0.5, 0.6) is 0 Å². The lowest BCUT2D eigenvalue weighted by Crippen LogP contribution is -2.77. The molecule has 2 aromatic rings. The molecule has 0 N–H and O–H groups in total. The molecule has 2 amide bonds. The van der Waals surface area contributed by atoms with Crippen LogP contribution in [0.4, 0.5) is 23.4 Å². The van der Waals surface area contributed by atoms with Gasteiger partial charge in [-0.2, -0.15) is 13.2 Å². The van der Waals surface area contributed by atoms with Crippen molar-refractivity contribution in [2.24, 2.45) is 10.8 Å². The Morgan fingerprint density at radius 3 is 2.34 bits per heavy atom. The smallest absolute Gasteiger partial charge is 0.324 e. The summed E-state index contributed by atoms with van der Waals surface area (Å²) in [7, 11) is 0. The number of nitrogens with zero attached hydrogens (tertiary/aromatic N) is 3. The molecule has 1 aromatic carbocycles. The molecule has 35 heavy (non-hydrogen) atoms. The zero-order valence-electron chi connectivity index (χ0n) is 18.5. The van der Waals surface area contributed by atoms with E-state index in [1.807, 2.05) is 0 Å². The molecule has 1 unspecified atom stereocenters. The predicted octanol–water partition coefficient (Wildman–Crippen LogP) is 4.23. The van der Waals surface area contributed by atoms with Crippen LogP contribution >= 0.6 is 11.6 Å². The van der Waals surface area contributed by atoms with E-state index in [0.717, 1.165) is 17.0 Å². The number of pyridine rings is 1. The Labute approximate surface area is 202 Å². The number of piperazine rings is 1. The summed E-state index contributed by atoms with van der Waals surface area (Å²) in [4.78, 5) is 45.2. The molecule has 2 bridgehead atoms. The molecule has 6 nitrogen and oxygen atoms in total. The van der Waals surface area contributed by atoms with E-state index >= 15 is 0 Å². The lowest BCUT2D eigenvalue weighted by molar-refractivity contribution is -0.227. The molecule has 6 rings (SSSR count). The van der Waals surface area contributed by atoms with E-state index in [9.17, 15) is 31.9 Å². The second kappa shape index (κ2) is 7.74. The second-order valence-corrected chi connectivity index (χ2v) is 10.2. The van der Waals surface area contributed by atoms with Gasteiger partial charge in [-0.25, -0.2) is 9.37 Å². The minimum Gasteiger partial charge on any atom is -0.324 e. The summed E-state index contributed by atoms with van der Waals surface area (Å²) in [5.41, 5.74) is -1.30. The molecule has 3 aliphatic carbocycles. The van der Waals surface area contributed by atoms with Crippen LogP contribution in [0.1, 0.15) is 36.0 Å². The molecular formula is C24H20ClF4N3O3. The highest BCUT2D eigenvalue weighted by Gasteiger charge is 2.76. The molecule has 2 heterocycles. The van der Waals surface area contributed by atoms with Gasteiger partial charge in [0.15, 0.2) is 11.6 Å². The SMILES string of the molecule is Cc1cnc(N2CC(=O)N(Cc3ccc(C(F)(F)F)cc3)C(C34CC(C(=O)Cl)(C3)C4)C2=O)c(F)c1. The van der Waals surface area contributed by atoms with E-state index < -0.39 is 58.0 Å². The summed E-state index contributed by atoms with van der Waals surface area (Å²) < 4.78 is 53.5. The third kappa shape index (κ3) is 3.69. The van der Waals surface area contributed by atoms with Gasteiger partial charge in [-0.1, -0.05) is 12.1 Å². The molecule has 1 saturated heterocycles. The molecular weight excluding hydrogens is 490 g/mol. The number of carbonyl (C=O) groups excluding carboxylic acids is 3. The number of rotatable bonds is 5. The molecule has 1 aliphatic heterocycles. The summed E-state index contributed by atoms with van der Waals surface area (Å²) in [5, 5.41) is -0.494. The molecule has 184 valence electrons. The maximum Gasteiger partial charge on any atom is 0.416 e. The van der Waals surface area contributed by atoms with E-state index in [4.69, 9.17) is 11.6 Å². The Kier molecular flexibility index (Phi) is 5.25. The first-order valence-electron chi connectivity index (χ1n) is 10.9. The molecule has 0 radical (unpaired) electrons. The molecule has 0 spiro atoms. The van der Waals surface area contributed by atoms with Crippen LogP contribution in [0.25, 0.3) is 0 Å². The van der Waals surface area contributed by atoms with Crippen LogP contribution in [0.3, 0.4) is 0 Å². The van der Waals surface area contributed by atoms with Gasteiger partial charge in [0.25, 0.3) is 5.91 Å². The summed E-state index contributed by atoms with van der Waals surface area (Å²) >= 11 is 5.74. The van der Waals surface area contributed by atoms with Gasteiger partial charge in [-0.15, -0.1) is 0 Å². The van der Waals surface area contributed by atoms with E-state index in [-0.39, 0.29) is 12.4 Å². The summed E-state index contributed by atoms with van der Waals surface area (Å²) in [6, 6.07) is 4.55. The number of halogens is 5. The normalized spacial score (nSPS) is 28.0. The van der Waals surface area contributed by atoms with Gasteiger partial charge in [0.2, 0.25) is 11.1 Å². The highest BCUT2D eigenvalue weighted by atomic mass is 35.5. The van der Waals surface area contributed by atoms with E-state index in [2.05, 4.69) is 4.98 Å². The van der Waals surface area contributed by atoms with Crippen molar-refractivity contribution in [3.05, 3.63) is 59.0 Å². The quantitative estimate of drug-likeness (QED) is 0.447. The maximum atomic E-state index is 14.7. The second-order valence-electron chi connectivity index (χ2n) is 9.81. The van der Waals surface area contributed by atoms with Crippen LogP contribution in [0.2, 0.25) is 0 Å². The van der Waals surface area contributed by atoms with Crippen molar-refractivity contribution in [2.45, 2.75) is 44.9 Å². The largest absolute Gasteiger partial charge is 0.416 e. The van der Waals surface area contributed by atoms with Crippen molar-refractivity contribution in [3.63, 3.8) is 0 Å². The first-order valence-corrected chi connectivity index (χ1v) is 11.3. The van der Waals surface area contributed by atoms with Crippen molar-refractivity contribution in [3.8, 4) is 0 Å². The van der Waals surface area contributed by atoms with Crippen molar-refractivity contribution in [1.29, 1.82) is 0 Å². The number of aromatic nitrogens is 1. The monoisotopic (exact) mass is 509 g/mol. The van der Waals surface area contributed by atoms with Crippen molar-refractivity contribution < 1.29 is 31.9 Å². The Bertz CT molecular complexity index is 1230. The van der Waals surface area contributed by atoms with E-state index in [1.165, 1.54) is 29.3 Å². The number of alkyl halides is 3. The molecule has 4 aliphatic rings. The molecule has 1 atom stereocenters. The maximum absolute atomic E-state index is 14.7. The van der Waals surface area contributed by atoms with Gasteiger partial charge in [-0.3, -0.25) is 19.3 Å². The highest BCUT2D eigenvalue weighted by Crippen LogP contribution is 2.76. The van der Waals surface area contributed by atoms with Crippen LogP contribution in [0, 0.1) is 23.6 Å². The third-order valence-corrected chi connectivity index (χ3v) is 7.74. The van der Waals surface area contributed by atoms with Gasteiger partial charge in [0.05, 0.1) is 5.56 Å². The van der Waals surface area contributed by atoms with Gasteiger partial charge in [0, 0.05) is 23.6 Å². The predicted molar refractivity (Wildman–Crippen MR) is 117 cm³/mol. The Hall–Kier alpha value is -3.01. The Morgan fingerprint density at radius 2 is 1.80 bits per heavy atom. The number of amides is 2. The van der Waals surface area contributed by atoms with Gasteiger partial charge in [-0.05, 0) is 67.1 Å². The Morgan fingerprint density at radius 1 is 1.17 bits per heavy atom. The van der Waals surface area contributed by atoms with Gasteiger partial charge >= 0.3 is 6.18 Å². The number of benzene rings is 1. The molecule has 3 saturated carbocycles. The number of aryl methyl sites for hydroxylation is 1. The topological polar surface area (TPSA) is 70.6 Å². The van der Waals surface area contributed by atoms with Crippen LogP contribution < -0.4 is 4.90 Å². The van der Waals surface area contributed by atoms with Crippen LogP contribution in [-0.2, 0) is 27.1 Å². The van der Waals surface area contributed by atoms with Crippen LogP contribution in [-0.4, -0.2) is 39.5 Å². The van der Waals surface area contributed by atoms with Crippen LogP contribution in [0.15, 0.2) is 36.5 Å². The minimum atomic E-state index is -4.50. The number of hydrogen-bond acceptors (Lipinski definition) is 4. The Balaban J connectivity index is 1.47. The minimum absolute atomic E-state index is 0.103. The van der Waals surface area contributed by atoms with Crippen molar-refractivity contribution in [1.82, 2.24) is 9.88 Å². The van der Waals surface area contributed by atoms with Gasteiger partial charge < -0.3 is 4.90 Å². The molecule has 11 heteroatoms. The summed E-state index contributed by atoms with van der Waals surface area (Å²) in [6.45, 7) is 1.08. The standard InChI is InChI=1S/C24H20ClF4N3O3/c1-13-6-16(26)19(30-7-13)32-9-17(33)31(8-14-2-4-15(5-3-14)24(27,28)29)18(20(32)34)22-10-23(11-22,12-22)21(25)35/h2-7,18H,8-12H2,1H3. The molecule has 1 aromatic heterocycles. The van der Waals surface area contributed by atoms with E-state index in [0.29, 0.717) is 30.4 Å².